The number of likely N-dealkylation sites (tertiary alicyclic amines) is 1. The van der Waals surface area contributed by atoms with Crippen molar-refractivity contribution in [1.82, 2.24) is 14.1 Å². The first-order valence-corrected chi connectivity index (χ1v) is 14.2. The minimum absolute atomic E-state index is 0.0141. The molecule has 1 fully saturated rings. The van der Waals surface area contributed by atoms with Gasteiger partial charge in [0.2, 0.25) is 10.0 Å². The summed E-state index contributed by atoms with van der Waals surface area (Å²) in [5.74, 6) is -2.98. The number of benzene rings is 2. The summed E-state index contributed by atoms with van der Waals surface area (Å²) in [6.45, 7) is 2.81. The monoisotopic (exact) mass is 554 g/mol. The fourth-order valence-electron chi connectivity index (χ4n) is 5.16. The summed E-state index contributed by atoms with van der Waals surface area (Å²) in [5, 5.41) is 11.7. The average Bonchev–Trinajstić information content (AvgIpc) is 3.28. The highest BCUT2D eigenvalue weighted by Gasteiger charge is 2.66. The Morgan fingerprint density at radius 3 is 2.31 bits per heavy atom. The number of aliphatic hydroxyl groups excluding tert-OH is 1. The maximum absolute atomic E-state index is 14.4. The Morgan fingerprint density at radius 1 is 0.974 bits per heavy atom. The maximum atomic E-state index is 14.4. The molecule has 0 saturated carbocycles. The van der Waals surface area contributed by atoms with E-state index in [1.165, 1.54) is 43.3 Å². The lowest BCUT2D eigenvalue weighted by Gasteiger charge is -2.35. The molecule has 2 aromatic carbocycles. The summed E-state index contributed by atoms with van der Waals surface area (Å²) >= 11 is 0. The van der Waals surface area contributed by atoms with E-state index in [9.17, 15) is 27.9 Å². The van der Waals surface area contributed by atoms with Gasteiger partial charge in [0.15, 0.2) is 5.54 Å². The number of carbonyl (C=O) groups is 3. The molecule has 1 atom stereocenters. The minimum Gasteiger partial charge on any atom is -0.507 e. The van der Waals surface area contributed by atoms with E-state index >= 15 is 0 Å². The van der Waals surface area contributed by atoms with Crippen molar-refractivity contribution in [3.05, 3.63) is 65.2 Å². The quantitative estimate of drug-likeness (QED) is 0.287. The van der Waals surface area contributed by atoms with Crippen LogP contribution in [-0.4, -0.2) is 93.1 Å². The van der Waals surface area contributed by atoms with Gasteiger partial charge in [0, 0.05) is 44.9 Å². The fraction of sp³-hybridized carbons (Fsp3) is 0.393. The molecule has 1 saturated heterocycles. The van der Waals surface area contributed by atoms with Crippen LogP contribution in [0, 0.1) is 0 Å². The number of rotatable bonds is 9. The molecular formula is C28H34N4O6S. The highest BCUT2D eigenvalue weighted by Crippen LogP contribution is 2.53. The lowest BCUT2D eigenvalue weighted by Crippen LogP contribution is -2.53. The minimum atomic E-state index is -3.86. The molecule has 208 valence electrons. The number of fused-ring (bicyclic) bond motifs is 2. The van der Waals surface area contributed by atoms with Crippen LogP contribution in [0.15, 0.2) is 59.0 Å². The van der Waals surface area contributed by atoms with Crippen LogP contribution in [0.1, 0.15) is 30.9 Å². The van der Waals surface area contributed by atoms with Crippen molar-refractivity contribution in [3.8, 4) is 0 Å². The largest absolute Gasteiger partial charge is 0.507 e. The Hall–Kier alpha value is -3.54. The van der Waals surface area contributed by atoms with Gasteiger partial charge in [0.25, 0.3) is 17.6 Å². The van der Waals surface area contributed by atoms with E-state index < -0.39 is 38.9 Å². The van der Waals surface area contributed by atoms with E-state index in [-0.39, 0.29) is 22.6 Å². The Kier molecular flexibility index (Phi) is 7.70. The number of Topliss-reactive ketones (excluding diaryl/α,β-unsaturated/α-hetero) is 1. The van der Waals surface area contributed by atoms with E-state index in [0.29, 0.717) is 30.8 Å². The Balaban J connectivity index is 2.03. The number of nitrogens with zero attached hydrogens (tertiary/aromatic N) is 4. The van der Waals surface area contributed by atoms with Crippen LogP contribution in [0.25, 0.3) is 5.76 Å². The first-order valence-electron chi connectivity index (χ1n) is 12.8. The molecule has 1 spiro atoms. The molecular weight excluding hydrogens is 520 g/mol. The number of anilines is 1. The molecule has 2 heterocycles. The number of hydrogen-bond acceptors (Lipinski definition) is 7. The first kappa shape index (κ1) is 28.5. The van der Waals surface area contributed by atoms with Gasteiger partial charge >= 0.3 is 0 Å². The second-order valence-corrected chi connectivity index (χ2v) is 12.3. The van der Waals surface area contributed by atoms with E-state index in [0.717, 1.165) is 10.7 Å². The molecule has 10 nitrogen and oxygen atoms in total. The Morgan fingerprint density at radius 2 is 1.67 bits per heavy atom. The van der Waals surface area contributed by atoms with Crippen molar-refractivity contribution in [2.45, 2.75) is 30.2 Å². The number of aliphatic hydroxyl groups is 1. The number of sulfonamides is 1. The zero-order valence-corrected chi connectivity index (χ0v) is 23.7. The van der Waals surface area contributed by atoms with Gasteiger partial charge in [0.05, 0.1) is 16.2 Å². The molecule has 0 aromatic heterocycles. The molecule has 2 aliphatic rings. The third-order valence-corrected chi connectivity index (χ3v) is 9.01. The van der Waals surface area contributed by atoms with Crippen molar-refractivity contribution >= 4 is 39.1 Å². The molecule has 11 heteroatoms. The van der Waals surface area contributed by atoms with Crippen LogP contribution >= 0.6 is 0 Å². The average molecular weight is 555 g/mol. The molecule has 0 aliphatic carbocycles. The van der Waals surface area contributed by atoms with Crippen molar-refractivity contribution in [2.75, 3.05) is 52.7 Å². The zero-order valence-electron chi connectivity index (χ0n) is 22.8. The van der Waals surface area contributed by atoms with Gasteiger partial charge in [-0.3, -0.25) is 14.4 Å². The number of unbranched alkanes of at least 4 members (excludes halogenated alkanes) is 1. The molecule has 2 aromatic rings. The maximum Gasteiger partial charge on any atom is 0.296 e. The van der Waals surface area contributed by atoms with Crippen molar-refractivity contribution < 1.29 is 27.9 Å². The molecule has 39 heavy (non-hydrogen) atoms. The molecule has 0 radical (unpaired) electrons. The van der Waals surface area contributed by atoms with E-state index in [2.05, 4.69) is 0 Å². The molecule has 0 bridgehead atoms. The van der Waals surface area contributed by atoms with Gasteiger partial charge in [-0.15, -0.1) is 0 Å². The zero-order chi connectivity index (χ0) is 28.7. The molecule has 2 amide bonds. The second-order valence-electron chi connectivity index (χ2n) is 10.2. The van der Waals surface area contributed by atoms with Gasteiger partial charge in [-0.1, -0.05) is 43.7 Å². The number of ketones is 1. The van der Waals surface area contributed by atoms with Crippen molar-refractivity contribution in [3.63, 3.8) is 0 Å². The number of amides is 2. The fourth-order valence-corrected chi connectivity index (χ4v) is 6.11. The van der Waals surface area contributed by atoms with Gasteiger partial charge in [-0.2, -0.15) is 0 Å². The van der Waals surface area contributed by atoms with E-state index in [1.807, 2.05) is 25.9 Å². The van der Waals surface area contributed by atoms with Gasteiger partial charge < -0.3 is 19.8 Å². The Labute approximate surface area is 229 Å². The summed E-state index contributed by atoms with van der Waals surface area (Å²) < 4.78 is 26.6. The third-order valence-electron chi connectivity index (χ3n) is 7.20. The first-order chi connectivity index (χ1) is 18.4. The lowest BCUT2D eigenvalue weighted by atomic mass is 9.82. The van der Waals surface area contributed by atoms with Crippen LogP contribution in [0.3, 0.4) is 0 Å². The molecule has 0 unspecified atom stereocenters. The van der Waals surface area contributed by atoms with Crippen LogP contribution in [0.5, 0.6) is 0 Å². The number of carbonyl (C=O) groups excluding carboxylic acids is 3. The summed E-state index contributed by atoms with van der Waals surface area (Å²) in [6.07, 6.45) is 1.52. The summed E-state index contributed by atoms with van der Waals surface area (Å²) in [4.78, 5) is 46.2. The second kappa shape index (κ2) is 10.6. The number of para-hydroxylation sites is 1. The normalized spacial score (nSPS) is 20.6. The summed E-state index contributed by atoms with van der Waals surface area (Å²) in [6, 6.07) is 12.5. The SMILES string of the molecule is CCCCN1C(=O)[C@]2(C(=C(O)c3cccc(S(=O)(=O)N(C)C)c3)C(=O)C(=O)N2CCN(C)C)c2ccccc21. The van der Waals surface area contributed by atoms with E-state index in [1.54, 1.807) is 29.2 Å². The van der Waals surface area contributed by atoms with Crippen LogP contribution in [-0.2, 0) is 29.9 Å². The third kappa shape index (κ3) is 4.44. The van der Waals surface area contributed by atoms with Crippen molar-refractivity contribution in [2.24, 2.45) is 0 Å². The Bertz CT molecular complexity index is 1470. The standard InChI is InChI=1S/C28H34N4O6S/c1-6-7-15-31-22-14-9-8-13-21(22)28(27(31)36)23(25(34)26(35)32(28)17-16-29(2)3)24(33)19-11-10-12-20(18-19)39(37,38)30(4)5/h8-14,18,33H,6-7,15-17H2,1-5H3/t28-/m1/s1. The van der Waals surface area contributed by atoms with Crippen LogP contribution in [0.4, 0.5) is 5.69 Å². The van der Waals surface area contributed by atoms with Crippen LogP contribution < -0.4 is 4.90 Å². The topological polar surface area (TPSA) is 119 Å². The van der Waals surface area contributed by atoms with Gasteiger partial charge in [0.1, 0.15) is 5.76 Å². The predicted octanol–water partition coefficient (Wildman–Crippen LogP) is 2.22. The summed E-state index contributed by atoms with van der Waals surface area (Å²) in [7, 11) is 2.55. The smallest absolute Gasteiger partial charge is 0.296 e. The van der Waals surface area contributed by atoms with E-state index in [4.69, 9.17) is 0 Å². The molecule has 2 aliphatic heterocycles. The number of likely N-dealkylation sites (N-methyl/N-ethyl adjacent to an activating group) is 1. The highest BCUT2D eigenvalue weighted by atomic mass is 32.2. The summed E-state index contributed by atoms with van der Waals surface area (Å²) in [5.41, 5.74) is -1.22. The predicted molar refractivity (Wildman–Crippen MR) is 148 cm³/mol. The number of hydrogen-bond donors (Lipinski definition) is 1. The van der Waals surface area contributed by atoms with Crippen molar-refractivity contribution in [1.29, 1.82) is 0 Å². The molecule has 1 N–H and O–H groups in total. The van der Waals surface area contributed by atoms with Crippen LogP contribution in [0.2, 0.25) is 0 Å². The van der Waals surface area contributed by atoms with Gasteiger partial charge in [-0.05, 0) is 38.7 Å². The highest BCUT2D eigenvalue weighted by molar-refractivity contribution is 7.89. The van der Waals surface area contributed by atoms with Gasteiger partial charge in [-0.25, -0.2) is 12.7 Å². The lowest BCUT2D eigenvalue weighted by molar-refractivity contribution is -0.143. The molecule has 4 rings (SSSR count).